The van der Waals surface area contributed by atoms with Crippen molar-refractivity contribution in [2.75, 3.05) is 0 Å². The van der Waals surface area contributed by atoms with Gasteiger partial charge in [-0.15, -0.1) is 0 Å². The molecule has 0 rings (SSSR count). The Bertz CT molecular complexity index is 27.0. The topological polar surface area (TPSA) is 34.1 Å². The Labute approximate surface area is 35.9 Å². The van der Waals surface area contributed by atoms with Gasteiger partial charge in [0.25, 0.3) is 0 Å². The van der Waals surface area contributed by atoms with Crippen LogP contribution in [0.3, 0.4) is 0 Å². The van der Waals surface area contributed by atoms with Crippen molar-refractivity contribution < 1.29 is 29.1 Å². The summed E-state index contributed by atoms with van der Waals surface area (Å²) in [5.41, 5.74) is 0. The SMILES string of the molecule is O=C=O.[Zn]. The molecular formula is CO2Zn. The summed E-state index contributed by atoms with van der Waals surface area (Å²) in [6, 6.07) is 0. The van der Waals surface area contributed by atoms with Crippen LogP contribution in [0.5, 0.6) is 0 Å². The van der Waals surface area contributed by atoms with Gasteiger partial charge in [0.15, 0.2) is 0 Å². The van der Waals surface area contributed by atoms with Gasteiger partial charge in [0, 0.05) is 19.5 Å². The molecule has 4 heavy (non-hydrogen) atoms. The molecule has 2 nitrogen and oxygen atoms in total. The molecule has 0 N–H and O–H groups in total. The maximum Gasteiger partial charge on any atom is 0.373 e. The summed E-state index contributed by atoms with van der Waals surface area (Å²) in [4.78, 5) is 16.2. The summed E-state index contributed by atoms with van der Waals surface area (Å²) < 4.78 is 0. The van der Waals surface area contributed by atoms with Gasteiger partial charge in [-0.2, -0.15) is 9.59 Å². The summed E-state index contributed by atoms with van der Waals surface area (Å²) in [6.07, 6.45) is 0.250. The molecule has 0 aromatic rings. The first-order valence-corrected chi connectivity index (χ1v) is 0.408. The Kier molecular flexibility index (Phi) is 26.9. The van der Waals surface area contributed by atoms with Crippen molar-refractivity contribution in [3.63, 3.8) is 0 Å². The van der Waals surface area contributed by atoms with E-state index in [0.29, 0.717) is 0 Å². The predicted molar refractivity (Wildman–Crippen MR) is 5.01 cm³/mol. The van der Waals surface area contributed by atoms with Crippen LogP contribution in [0.1, 0.15) is 0 Å². The van der Waals surface area contributed by atoms with Crippen molar-refractivity contribution in [3.8, 4) is 0 Å². The molecule has 0 spiro atoms. The Morgan fingerprint density at radius 1 is 1.25 bits per heavy atom. The largest absolute Gasteiger partial charge is 0.373 e. The van der Waals surface area contributed by atoms with Crippen LogP contribution in [0.2, 0.25) is 0 Å². The molecule has 0 bridgehead atoms. The van der Waals surface area contributed by atoms with Gasteiger partial charge >= 0.3 is 6.15 Å². The second-order valence-corrected chi connectivity index (χ2v) is 0.0833. The Morgan fingerprint density at radius 2 is 1.25 bits per heavy atom. The van der Waals surface area contributed by atoms with E-state index >= 15 is 0 Å². The molecule has 0 unspecified atom stereocenters. The molecular weight excluding hydrogens is 109 g/mol. The van der Waals surface area contributed by atoms with Gasteiger partial charge in [-0.05, 0) is 0 Å². The van der Waals surface area contributed by atoms with E-state index in [0.717, 1.165) is 0 Å². The number of carbonyl (C=O) groups excluding carboxylic acids is 2. The van der Waals surface area contributed by atoms with Crippen LogP contribution in [0.15, 0.2) is 0 Å². The fourth-order valence-corrected chi connectivity index (χ4v) is 0. The summed E-state index contributed by atoms with van der Waals surface area (Å²) >= 11 is 0. The van der Waals surface area contributed by atoms with E-state index in [1.165, 1.54) is 0 Å². The molecule has 0 fully saturated rings. The smallest absolute Gasteiger partial charge is 0.186 e. The molecule has 0 amide bonds. The zero-order valence-electron chi connectivity index (χ0n) is 2.02. The van der Waals surface area contributed by atoms with Crippen molar-refractivity contribution >= 4 is 6.15 Å². The minimum atomic E-state index is 0. The summed E-state index contributed by atoms with van der Waals surface area (Å²) in [6.45, 7) is 0. The zero-order valence-corrected chi connectivity index (χ0v) is 4.99. The summed E-state index contributed by atoms with van der Waals surface area (Å²) in [5, 5.41) is 0. The molecule has 0 atom stereocenters. The van der Waals surface area contributed by atoms with Crippen molar-refractivity contribution in [1.29, 1.82) is 0 Å². The van der Waals surface area contributed by atoms with Gasteiger partial charge < -0.3 is 0 Å². The van der Waals surface area contributed by atoms with E-state index in [1.807, 2.05) is 0 Å². The summed E-state index contributed by atoms with van der Waals surface area (Å²) in [5.74, 6) is 0. The molecule has 0 aliphatic rings. The molecule has 18 valence electrons. The molecule has 0 aliphatic carbocycles. The second kappa shape index (κ2) is 12.0. The fourth-order valence-electron chi connectivity index (χ4n) is 0. The molecule has 3 heteroatoms. The van der Waals surface area contributed by atoms with Crippen LogP contribution >= 0.6 is 0 Å². The summed E-state index contributed by atoms with van der Waals surface area (Å²) in [7, 11) is 0. The van der Waals surface area contributed by atoms with Crippen LogP contribution in [0.4, 0.5) is 0 Å². The monoisotopic (exact) mass is 108 g/mol. The molecule has 0 saturated heterocycles. The van der Waals surface area contributed by atoms with Gasteiger partial charge in [-0.3, -0.25) is 0 Å². The van der Waals surface area contributed by atoms with Crippen molar-refractivity contribution in [1.82, 2.24) is 0 Å². The van der Waals surface area contributed by atoms with E-state index in [1.54, 1.807) is 0 Å². The van der Waals surface area contributed by atoms with Crippen molar-refractivity contribution in [2.24, 2.45) is 0 Å². The van der Waals surface area contributed by atoms with Gasteiger partial charge in [0.1, 0.15) is 0 Å². The van der Waals surface area contributed by atoms with Crippen LogP contribution in [0, 0.1) is 0 Å². The van der Waals surface area contributed by atoms with Gasteiger partial charge in [0.2, 0.25) is 0 Å². The number of hydrogen-bond acceptors (Lipinski definition) is 2. The minimum Gasteiger partial charge on any atom is -0.186 e. The standard InChI is InChI=1S/CO2.Zn/c2-1-3;. The first kappa shape index (κ1) is 9.00. The van der Waals surface area contributed by atoms with E-state index in [9.17, 15) is 0 Å². The molecule has 0 heterocycles. The first-order chi connectivity index (χ1) is 1.41. The minimum absolute atomic E-state index is 0. The third kappa shape index (κ3) is 177000. The number of rotatable bonds is 0. The average molecular weight is 109 g/mol. The van der Waals surface area contributed by atoms with Gasteiger partial charge in [0.05, 0.1) is 0 Å². The van der Waals surface area contributed by atoms with Crippen LogP contribution < -0.4 is 0 Å². The quantitative estimate of drug-likeness (QED) is 0.390. The van der Waals surface area contributed by atoms with Crippen molar-refractivity contribution in [3.05, 3.63) is 0 Å². The van der Waals surface area contributed by atoms with Gasteiger partial charge in [-0.25, -0.2) is 0 Å². The Morgan fingerprint density at radius 3 is 1.25 bits per heavy atom. The van der Waals surface area contributed by atoms with E-state index in [4.69, 9.17) is 9.59 Å². The van der Waals surface area contributed by atoms with E-state index < -0.39 is 0 Å². The molecule has 0 aromatic heterocycles. The van der Waals surface area contributed by atoms with Crippen LogP contribution in [-0.4, -0.2) is 6.15 Å². The third-order valence-electron chi connectivity index (χ3n) is 0. The maximum absolute atomic E-state index is 8.12. The molecule has 0 aromatic carbocycles. The first-order valence-electron chi connectivity index (χ1n) is 0.408. The van der Waals surface area contributed by atoms with Crippen LogP contribution in [-0.2, 0) is 29.1 Å². The second-order valence-electron chi connectivity index (χ2n) is 0.0833. The van der Waals surface area contributed by atoms with Crippen molar-refractivity contribution in [2.45, 2.75) is 0 Å². The molecule has 0 saturated carbocycles. The molecule has 0 aliphatic heterocycles. The zero-order chi connectivity index (χ0) is 2.71. The third-order valence-corrected chi connectivity index (χ3v) is 0. The predicted octanol–water partition coefficient (Wildman–Crippen LogP) is -0.586. The Hall–Kier alpha value is 0.00338. The van der Waals surface area contributed by atoms with Gasteiger partial charge in [-0.1, -0.05) is 0 Å². The van der Waals surface area contributed by atoms with E-state index in [2.05, 4.69) is 0 Å². The Balaban J connectivity index is 0. The molecule has 0 radical (unpaired) electrons. The normalized spacial score (nSPS) is 2.00. The average Bonchev–Trinajstić information content (AvgIpc) is 0.918. The number of hydrogen-bond donors (Lipinski definition) is 0. The van der Waals surface area contributed by atoms with E-state index in [-0.39, 0.29) is 25.6 Å². The van der Waals surface area contributed by atoms with Crippen LogP contribution in [0.25, 0.3) is 0 Å². The fraction of sp³-hybridized carbons (Fsp3) is 0. The maximum atomic E-state index is 8.12.